The number of benzene rings is 2. The lowest BCUT2D eigenvalue weighted by molar-refractivity contribution is 1.35. The lowest BCUT2D eigenvalue weighted by atomic mass is 10.2. The number of nitriles is 1. The van der Waals surface area contributed by atoms with Crippen LogP contribution in [0.2, 0.25) is 0 Å². The van der Waals surface area contributed by atoms with E-state index in [2.05, 4.69) is 37.3 Å². The van der Waals surface area contributed by atoms with Gasteiger partial charge in [-0.15, -0.1) is 11.8 Å². The molecule has 0 spiro atoms. The lowest BCUT2D eigenvalue weighted by Gasteiger charge is -2.02. The van der Waals surface area contributed by atoms with E-state index in [1.165, 1.54) is 16.0 Å². The average Bonchev–Trinajstić information content (AvgIpc) is 2.39. The minimum atomic E-state index is 0.713. The van der Waals surface area contributed by atoms with Gasteiger partial charge in [-0.25, -0.2) is 0 Å². The van der Waals surface area contributed by atoms with E-state index in [-0.39, 0.29) is 0 Å². The number of hydrogen-bond acceptors (Lipinski definition) is 2. The van der Waals surface area contributed by atoms with Gasteiger partial charge in [-0.3, -0.25) is 0 Å². The third-order valence-electron chi connectivity index (χ3n) is 2.51. The van der Waals surface area contributed by atoms with Crippen LogP contribution in [0.5, 0.6) is 0 Å². The lowest BCUT2D eigenvalue weighted by Crippen LogP contribution is -1.81. The van der Waals surface area contributed by atoms with Crippen molar-refractivity contribution in [2.24, 2.45) is 0 Å². The van der Waals surface area contributed by atoms with Gasteiger partial charge in [0, 0.05) is 10.6 Å². The van der Waals surface area contributed by atoms with Gasteiger partial charge in [0.2, 0.25) is 0 Å². The van der Waals surface area contributed by atoms with E-state index in [1.807, 2.05) is 24.3 Å². The second kappa shape index (κ2) is 5.56. The maximum atomic E-state index is 8.71. The Labute approximate surface area is 106 Å². The van der Waals surface area contributed by atoms with Crippen molar-refractivity contribution < 1.29 is 0 Å². The average molecular weight is 239 g/mol. The van der Waals surface area contributed by atoms with Crippen LogP contribution in [0.1, 0.15) is 16.7 Å². The van der Waals surface area contributed by atoms with Gasteiger partial charge in [0.1, 0.15) is 0 Å². The third kappa shape index (κ3) is 3.37. The van der Waals surface area contributed by atoms with Gasteiger partial charge >= 0.3 is 0 Å². The molecule has 84 valence electrons. The first-order chi connectivity index (χ1) is 8.28. The summed E-state index contributed by atoms with van der Waals surface area (Å²) in [6.45, 7) is 2.09. The van der Waals surface area contributed by atoms with Gasteiger partial charge in [-0.2, -0.15) is 5.26 Å². The van der Waals surface area contributed by atoms with Crippen LogP contribution in [0.3, 0.4) is 0 Å². The minimum absolute atomic E-state index is 0.713. The zero-order valence-corrected chi connectivity index (χ0v) is 10.5. The van der Waals surface area contributed by atoms with E-state index in [0.717, 1.165) is 5.75 Å². The molecule has 2 aromatic carbocycles. The van der Waals surface area contributed by atoms with Crippen molar-refractivity contribution in [3.8, 4) is 6.07 Å². The van der Waals surface area contributed by atoms with E-state index in [1.54, 1.807) is 11.8 Å². The minimum Gasteiger partial charge on any atom is -0.192 e. The van der Waals surface area contributed by atoms with Crippen molar-refractivity contribution in [3.05, 3.63) is 65.2 Å². The topological polar surface area (TPSA) is 23.8 Å². The third-order valence-corrected chi connectivity index (χ3v) is 3.59. The molecule has 2 heteroatoms. The summed E-state index contributed by atoms with van der Waals surface area (Å²) in [5, 5.41) is 8.71. The van der Waals surface area contributed by atoms with E-state index < -0.39 is 0 Å². The Kier molecular flexibility index (Phi) is 3.85. The first kappa shape index (κ1) is 11.8. The van der Waals surface area contributed by atoms with Gasteiger partial charge in [0.15, 0.2) is 0 Å². The molecule has 0 fully saturated rings. The van der Waals surface area contributed by atoms with Crippen molar-refractivity contribution >= 4 is 11.8 Å². The molecule has 0 unspecified atom stereocenters. The monoisotopic (exact) mass is 239 g/mol. The molecule has 1 nitrogen and oxygen atoms in total. The summed E-state index contributed by atoms with van der Waals surface area (Å²) >= 11 is 1.79. The van der Waals surface area contributed by atoms with Gasteiger partial charge in [-0.05, 0) is 36.8 Å². The van der Waals surface area contributed by atoms with Crippen molar-refractivity contribution in [2.75, 3.05) is 0 Å². The highest BCUT2D eigenvalue weighted by atomic mass is 32.2. The Morgan fingerprint density at radius 2 is 1.65 bits per heavy atom. The van der Waals surface area contributed by atoms with E-state index in [9.17, 15) is 0 Å². The fourth-order valence-electron chi connectivity index (χ4n) is 1.48. The highest BCUT2D eigenvalue weighted by Crippen LogP contribution is 2.23. The molecule has 0 aliphatic carbocycles. The summed E-state index contributed by atoms with van der Waals surface area (Å²) < 4.78 is 0. The first-order valence-corrected chi connectivity index (χ1v) is 6.45. The van der Waals surface area contributed by atoms with Gasteiger partial charge < -0.3 is 0 Å². The Hall–Kier alpha value is -1.72. The van der Waals surface area contributed by atoms with E-state index in [0.29, 0.717) is 5.56 Å². The molecule has 17 heavy (non-hydrogen) atoms. The maximum Gasteiger partial charge on any atom is 0.0991 e. The highest BCUT2D eigenvalue weighted by Gasteiger charge is 1.97. The molecule has 0 amide bonds. The molecule has 2 aromatic rings. The zero-order valence-electron chi connectivity index (χ0n) is 9.68. The Bertz CT molecular complexity index is 520. The smallest absolute Gasteiger partial charge is 0.0991 e. The summed E-state index contributed by atoms with van der Waals surface area (Å²) in [6, 6.07) is 18.4. The molecular weight excluding hydrogens is 226 g/mol. The van der Waals surface area contributed by atoms with E-state index in [4.69, 9.17) is 5.26 Å². The molecule has 0 aliphatic rings. The van der Waals surface area contributed by atoms with Crippen molar-refractivity contribution in [2.45, 2.75) is 17.6 Å². The van der Waals surface area contributed by atoms with Gasteiger partial charge in [0.05, 0.1) is 11.6 Å². The Balaban J connectivity index is 1.98. The summed E-state index contributed by atoms with van der Waals surface area (Å²) in [5.74, 6) is 0.964. The standard InChI is InChI=1S/C15H13NS/c1-12-2-4-14(5-3-12)11-17-15-8-6-13(10-16)7-9-15/h2-9H,11H2,1H3. The van der Waals surface area contributed by atoms with E-state index >= 15 is 0 Å². The molecule has 0 aliphatic heterocycles. The molecule has 0 radical (unpaired) electrons. The number of thioether (sulfide) groups is 1. The highest BCUT2D eigenvalue weighted by molar-refractivity contribution is 7.98. The second-order valence-corrected chi connectivity index (χ2v) is 4.96. The van der Waals surface area contributed by atoms with Crippen LogP contribution >= 0.6 is 11.8 Å². The quantitative estimate of drug-likeness (QED) is 0.751. The number of rotatable bonds is 3. The predicted molar refractivity (Wildman–Crippen MR) is 71.9 cm³/mol. The number of hydrogen-bond donors (Lipinski definition) is 0. The number of aryl methyl sites for hydroxylation is 1. The molecule has 0 bridgehead atoms. The van der Waals surface area contributed by atoms with Crippen LogP contribution < -0.4 is 0 Å². The Morgan fingerprint density at radius 1 is 1.00 bits per heavy atom. The van der Waals surface area contributed by atoms with Gasteiger partial charge in [-0.1, -0.05) is 29.8 Å². The van der Waals surface area contributed by atoms with Crippen LogP contribution in [-0.4, -0.2) is 0 Å². The molecule has 0 atom stereocenters. The summed E-state index contributed by atoms with van der Waals surface area (Å²) in [5.41, 5.74) is 3.33. The largest absolute Gasteiger partial charge is 0.192 e. The second-order valence-electron chi connectivity index (χ2n) is 3.91. The summed E-state index contributed by atoms with van der Waals surface area (Å²) in [7, 11) is 0. The van der Waals surface area contributed by atoms with Gasteiger partial charge in [0.25, 0.3) is 0 Å². The summed E-state index contributed by atoms with van der Waals surface area (Å²) in [4.78, 5) is 1.20. The number of nitrogens with zero attached hydrogens (tertiary/aromatic N) is 1. The normalized spacial score (nSPS) is 9.88. The zero-order chi connectivity index (χ0) is 12.1. The van der Waals surface area contributed by atoms with Crippen LogP contribution in [0.4, 0.5) is 0 Å². The summed E-state index contributed by atoms with van der Waals surface area (Å²) in [6.07, 6.45) is 0. The van der Waals surface area contributed by atoms with Crippen LogP contribution in [0, 0.1) is 18.3 Å². The first-order valence-electron chi connectivity index (χ1n) is 5.46. The van der Waals surface area contributed by atoms with Crippen molar-refractivity contribution in [3.63, 3.8) is 0 Å². The fourth-order valence-corrected chi connectivity index (χ4v) is 2.33. The van der Waals surface area contributed by atoms with Crippen LogP contribution in [0.25, 0.3) is 0 Å². The SMILES string of the molecule is Cc1ccc(CSc2ccc(C#N)cc2)cc1. The van der Waals surface area contributed by atoms with Crippen LogP contribution in [-0.2, 0) is 5.75 Å². The molecule has 0 aromatic heterocycles. The molecule has 0 heterocycles. The molecule has 0 saturated carbocycles. The van der Waals surface area contributed by atoms with Crippen LogP contribution in [0.15, 0.2) is 53.4 Å². The van der Waals surface area contributed by atoms with Crippen molar-refractivity contribution in [1.29, 1.82) is 5.26 Å². The molecular formula is C15H13NS. The van der Waals surface area contributed by atoms with Crippen molar-refractivity contribution in [1.82, 2.24) is 0 Å². The Morgan fingerprint density at radius 3 is 2.24 bits per heavy atom. The maximum absolute atomic E-state index is 8.71. The molecule has 2 rings (SSSR count). The fraction of sp³-hybridized carbons (Fsp3) is 0.133. The molecule has 0 N–H and O–H groups in total. The molecule has 0 saturated heterocycles. The predicted octanol–water partition coefficient (Wildman–Crippen LogP) is 4.16.